The number of hydrogen-bond donors (Lipinski definition) is 2. The summed E-state index contributed by atoms with van der Waals surface area (Å²) >= 11 is 4.01. The van der Waals surface area contributed by atoms with Gasteiger partial charge in [-0.25, -0.2) is 4.79 Å². The Morgan fingerprint density at radius 1 is 1.78 bits per heavy atom. The van der Waals surface area contributed by atoms with Crippen molar-refractivity contribution in [1.82, 2.24) is 10.2 Å². The van der Waals surface area contributed by atoms with Crippen molar-refractivity contribution in [1.29, 1.82) is 0 Å². The lowest BCUT2D eigenvalue weighted by Crippen LogP contribution is -2.29. The summed E-state index contributed by atoms with van der Waals surface area (Å²) in [7, 11) is 0. The number of urea groups is 1. The molecule has 0 radical (unpaired) electrons. The number of thiol groups is 1. The number of rotatable bonds is 2. The summed E-state index contributed by atoms with van der Waals surface area (Å²) < 4.78 is 0. The van der Waals surface area contributed by atoms with Gasteiger partial charge in [0.2, 0.25) is 0 Å². The van der Waals surface area contributed by atoms with E-state index in [1.807, 2.05) is 0 Å². The molecule has 0 aromatic rings. The van der Waals surface area contributed by atoms with Crippen molar-refractivity contribution in [2.45, 2.75) is 0 Å². The summed E-state index contributed by atoms with van der Waals surface area (Å²) in [5.41, 5.74) is 0. The van der Waals surface area contributed by atoms with E-state index >= 15 is 0 Å². The molecule has 1 rings (SSSR count). The predicted molar refractivity (Wildman–Crippen MR) is 38.8 cm³/mol. The monoisotopic (exact) mass is 146 g/mol. The lowest BCUT2D eigenvalue weighted by molar-refractivity contribution is 0.220. The maximum atomic E-state index is 10.7. The Hall–Kier alpha value is -0.380. The standard InChI is InChI=1S/C5H10N2OS/c8-5-6-1-2-7(5)3-4-9/h9H,1-4H2,(H,6,8). The largest absolute Gasteiger partial charge is 0.336 e. The fraction of sp³-hybridized carbons (Fsp3) is 0.800. The first-order valence-electron chi connectivity index (χ1n) is 2.98. The van der Waals surface area contributed by atoms with Crippen LogP contribution in [-0.4, -0.2) is 36.3 Å². The minimum Gasteiger partial charge on any atom is -0.336 e. The van der Waals surface area contributed by atoms with Gasteiger partial charge in [0.25, 0.3) is 0 Å². The first kappa shape index (κ1) is 6.74. The van der Waals surface area contributed by atoms with Crippen molar-refractivity contribution in [2.24, 2.45) is 0 Å². The molecule has 1 heterocycles. The van der Waals surface area contributed by atoms with E-state index in [9.17, 15) is 4.79 Å². The van der Waals surface area contributed by atoms with E-state index in [-0.39, 0.29) is 6.03 Å². The van der Waals surface area contributed by atoms with Crippen molar-refractivity contribution in [3.8, 4) is 0 Å². The van der Waals surface area contributed by atoms with Gasteiger partial charge in [-0.15, -0.1) is 0 Å². The van der Waals surface area contributed by atoms with Crippen molar-refractivity contribution >= 4 is 18.7 Å². The first-order valence-corrected chi connectivity index (χ1v) is 3.61. The number of carbonyl (C=O) groups is 1. The van der Waals surface area contributed by atoms with Crippen LogP contribution in [0.2, 0.25) is 0 Å². The van der Waals surface area contributed by atoms with Crippen molar-refractivity contribution in [3.05, 3.63) is 0 Å². The highest BCUT2D eigenvalue weighted by Crippen LogP contribution is 1.95. The molecule has 0 atom stereocenters. The number of hydrogen-bond acceptors (Lipinski definition) is 2. The Balaban J connectivity index is 2.31. The molecule has 1 fully saturated rings. The van der Waals surface area contributed by atoms with E-state index in [0.29, 0.717) is 0 Å². The molecule has 52 valence electrons. The zero-order valence-corrected chi connectivity index (χ0v) is 6.03. The molecule has 0 bridgehead atoms. The van der Waals surface area contributed by atoms with Gasteiger partial charge in [-0.05, 0) is 0 Å². The highest BCUT2D eigenvalue weighted by atomic mass is 32.1. The van der Waals surface area contributed by atoms with Crippen LogP contribution in [0.5, 0.6) is 0 Å². The zero-order chi connectivity index (χ0) is 6.69. The average molecular weight is 146 g/mol. The summed E-state index contributed by atoms with van der Waals surface area (Å²) in [6, 6.07) is 0.0454. The summed E-state index contributed by atoms with van der Waals surface area (Å²) in [6.07, 6.45) is 0. The first-order chi connectivity index (χ1) is 4.34. The van der Waals surface area contributed by atoms with Crippen LogP contribution < -0.4 is 5.32 Å². The molecular formula is C5H10N2OS. The molecular weight excluding hydrogens is 136 g/mol. The number of nitrogens with zero attached hydrogens (tertiary/aromatic N) is 1. The number of nitrogens with one attached hydrogen (secondary N) is 1. The molecule has 0 aromatic carbocycles. The molecule has 1 N–H and O–H groups in total. The zero-order valence-electron chi connectivity index (χ0n) is 5.13. The van der Waals surface area contributed by atoms with Crippen LogP contribution in [0.4, 0.5) is 4.79 Å². The van der Waals surface area contributed by atoms with Gasteiger partial charge in [0.1, 0.15) is 0 Å². The van der Waals surface area contributed by atoms with E-state index in [1.165, 1.54) is 0 Å². The van der Waals surface area contributed by atoms with Crippen LogP contribution in [0.1, 0.15) is 0 Å². The van der Waals surface area contributed by atoms with Crippen LogP contribution in [0.3, 0.4) is 0 Å². The van der Waals surface area contributed by atoms with E-state index in [0.717, 1.165) is 25.4 Å². The smallest absolute Gasteiger partial charge is 0.317 e. The Morgan fingerprint density at radius 2 is 2.56 bits per heavy atom. The highest BCUT2D eigenvalue weighted by molar-refractivity contribution is 7.80. The molecule has 0 spiro atoms. The Bertz CT molecular complexity index is 118. The number of carbonyl (C=O) groups excluding carboxylic acids is 1. The van der Waals surface area contributed by atoms with Crippen molar-refractivity contribution in [3.63, 3.8) is 0 Å². The third-order valence-electron chi connectivity index (χ3n) is 1.32. The van der Waals surface area contributed by atoms with Crippen LogP contribution in [0.25, 0.3) is 0 Å². The second kappa shape index (κ2) is 2.96. The Kier molecular flexibility index (Phi) is 2.22. The summed E-state index contributed by atoms with van der Waals surface area (Å²) in [6.45, 7) is 2.38. The van der Waals surface area contributed by atoms with Crippen LogP contribution in [0.15, 0.2) is 0 Å². The van der Waals surface area contributed by atoms with Gasteiger partial charge in [0.05, 0.1) is 0 Å². The Morgan fingerprint density at radius 3 is 3.00 bits per heavy atom. The third kappa shape index (κ3) is 1.51. The van der Waals surface area contributed by atoms with Gasteiger partial charge in [-0.2, -0.15) is 12.6 Å². The van der Waals surface area contributed by atoms with Gasteiger partial charge in [0, 0.05) is 25.4 Å². The highest BCUT2D eigenvalue weighted by Gasteiger charge is 2.17. The van der Waals surface area contributed by atoms with Gasteiger partial charge in [-0.1, -0.05) is 0 Å². The van der Waals surface area contributed by atoms with Crippen molar-refractivity contribution in [2.75, 3.05) is 25.4 Å². The summed E-state index contributed by atoms with van der Waals surface area (Å²) in [5.74, 6) is 0.743. The molecule has 1 aliphatic heterocycles. The van der Waals surface area contributed by atoms with E-state index in [4.69, 9.17) is 0 Å². The quantitative estimate of drug-likeness (QED) is 0.526. The topological polar surface area (TPSA) is 32.3 Å². The fourth-order valence-electron chi connectivity index (χ4n) is 0.845. The molecule has 0 aliphatic carbocycles. The molecule has 0 saturated carbocycles. The Labute approximate surface area is 59.8 Å². The average Bonchev–Trinajstić information content (AvgIpc) is 2.18. The molecule has 9 heavy (non-hydrogen) atoms. The fourth-order valence-corrected chi connectivity index (χ4v) is 1.09. The minimum absolute atomic E-state index is 0.0454. The third-order valence-corrected chi connectivity index (χ3v) is 1.52. The lowest BCUT2D eigenvalue weighted by atomic mass is 10.6. The molecule has 3 nitrogen and oxygen atoms in total. The lowest BCUT2D eigenvalue weighted by Gasteiger charge is -2.10. The second-order valence-corrected chi connectivity index (χ2v) is 2.39. The van der Waals surface area contributed by atoms with Crippen LogP contribution in [0, 0.1) is 0 Å². The minimum atomic E-state index is 0.0454. The maximum absolute atomic E-state index is 10.7. The molecule has 1 saturated heterocycles. The van der Waals surface area contributed by atoms with E-state index in [1.54, 1.807) is 4.90 Å². The van der Waals surface area contributed by atoms with Crippen LogP contribution in [-0.2, 0) is 0 Å². The molecule has 0 aromatic heterocycles. The molecule has 1 aliphatic rings. The summed E-state index contributed by atoms with van der Waals surface area (Å²) in [4.78, 5) is 12.5. The van der Waals surface area contributed by atoms with Crippen LogP contribution >= 0.6 is 12.6 Å². The SMILES string of the molecule is O=C1NCCN1CCS. The van der Waals surface area contributed by atoms with Gasteiger partial charge in [-0.3, -0.25) is 0 Å². The second-order valence-electron chi connectivity index (χ2n) is 1.94. The molecule has 2 amide bonds. The maximum Gasteiger partial charge on any atom is 0.317 e. The van der Waals surface area contributed by atoms with Gasteiger partial charge < -0.3 is 10.2 Å². The predicted octanol–water partition coefficient (Wildman–Crippen LogP) is -0.0586. The van der Waals surface area contributed by atoms with E-state index in [2.05, 4.69) is 17.9 Å². The van der Waals surface area contributed by atoms with Crippen molar-refractivity contribution < 1.29 is 4.79 Å². The molecule has 4 heteroatoms. The number of amides is 2. The van der Waals surface area contributed by atoms with Gasteiger partial charge in [0.15, 0.2) is 0 Å². The summed E-state index contributed by atoms with van der Waals surface area (Å²) in [5, 5.41) is 2.71. The van der Waals surface area contributed by atoms with E-state index < -0.39 is 0 Å². The van der Waals surface area contributed by atoms with Gasteiger partial charge >= 0.3 is 6.03 Å². The normalized spacial score (nSPS) is 18.3. The molecule has 0 unspecified atom stereocenters.